The molecule has 0 unspecified atom stereocenters. The second-order valence-corrected chi connectivity index (χ2v) is 7.18. The molecule has 0 saturated carbocycles. The first-order valence-corrected chi connectivity index (χ1v) is 8.74. The Morgan fingerprint density at radius 2 is 1.68 bits per heavy atom. The molecule has 0 spiro atoms. The lowest BCUT2D eigenvalue weighted by Gasteiger charge is -2.23. The number of aryl methyl sites for hydroxylation is 2. The average molecular weight is 362 g/mol. The third-order valence-electron chi connectivity index (χ3n) is 4.70. The molecule has 116 valence electrons. The van der Waals surface area contributed by atoms with Crippen LogP contribution in [0, 0.1) is 19.8 Å². The summed E-state index contributed by atoms with van der Waals surface area (Å²) in [5.74, 6) is 2.62. The molecule has 0 atom stereocenters. The summed E-state index contributed by atoms with van der Waals surface area (Å²) >= 11 is 3.70. The van der Waals surface area contributed by atoms with Crippen molar-refractivity contribution in [2.75, 3.05) is 13.1 Å². The van der Waals surface area contributed by atoms with E-state index in [-0.39, 0.29) is 0 Å². The third kappa shape index (κ3) is 2.29. The van der Waals surface area contributed by atoms with E-state index in [4.69, 9.17) is 8.83 Å². The fraction of sp³-hybridized carbons (Fsp3) is 0.444. The molecule has 4 heteroatoms. The summed E-state index contributed by atoms with van der Waals surface area (Å²) in [6, 6.07) is 4.25. The molecule has 1 aliphatic rings. The Labute approximate surface area is 138 Å². The fourth-order valence-corrected chi connectivity index (χ4v) is 4.21. The Balaban J connectivity index is 1.93. The molecule has 22 heavy (non-hydrogen) atoms. The first kappa shape index (κ1) is 14.3. The molecule has 1 N–H and O–H groups in total. The molecule has 0 aliphatic carbocycles. The minimum absolute atomic E-state index is 0.717. The lowest BCUT2D eigenvalue weighted by Crippen LogP contribution is -2.28. The van der Waals surface area contributed by atoms with Gasteiger partial charge in [-0.2, -0.15) is 0 Å². The summed E-state index contributed by atoms with van der Waals surface area (Å²) in [6.45, 7) is 6.26. The minimum Gasteiger partial charge on any atom is -0.461 e. The number of benzene rings is 1. The monoisotopic (exact) mass is 361 g/mol. The van der Waals surface area contributed by atoms with Crippen LogP contribution in [0.15, 0.2) is 25.4 Å². The molecule has 1 saturated heterocycles. The highest BCUT2D eigenvalue weighted by atomic mass is 79.9. The van der Waals surface area contributed by atoms with Gasteiger partial charge in [0.15, 0.2) is 0 Å². The van der Waals surface area contributed by atoms with Gasteiger partial charge >= 0.3 is 0 Å². The van der Waals surface area contributed by atoms with E-state index in [1.54, 1.807) is 0 Å². The van der Waals surface area contributed by atoms with Gasteiger partial charge in [0, 0.05) is 16.3 Å². The van der Waals surface area contributed by atoms with Crippen LogP contribution in [0.1, 0.15) is 29.9 Å². The Bertz CT molecular complexity index is 782. The quantitative estimate of drug-likeness (QED) is 0.689. The van der Waals surface area contributed by atoms with Crippen molar-refractivity contribution in [2.45, 2.75) is 33.1 Å². The highest BCUT2D eigenvalue weighted by Crippen LogP contribution is 2.41. The van der Waals surface area contributed by atoms with Crippen LogP contribution in [0.25, 0.3) is 21.9 Å². The van der Waals surface area contributed by atoms with E-state index in [0.717, 1.165) is 58.0 Å². The number of halogens is 1. The minimum atomic E-state index is 0.717. The van der Waals surface area contributed by atoms with Gasteiger partial charge in [-0.1, -0.05) is 0 Å². The fourth-order valence-electron chi connectivity index (χ4n) is 3.62. The summed E-state index contributed by atoms with van der Waals surface area (Å²) in [5.41, 5.74) is 3.29. The maximum Gasteiger partial charge on any atom is 0.149 e. The van der Waals surface area contributed by atoms with Gasteiger partial charge in [0.05, 0.1) is 4.47 Å². The predicted octanol–water partition coefficient (Wildman–Crippen LogP) is 5.10. The van der Waals surface area contributed by atoms with E-state index in [9.17, 15) is 0 Å². The molecule has 0 amide bonds. The Hall–Kier alpha value is -1.26. The third-order valence-corrected chi connectivity index (χ3v) is 5.48. The maximum atomic E-state index is 6.05. The molecule has 3 nitrogen and oxygen atoms in total. The summed E-state index contributed by atoms with van der Waals surface area (Å²) in [6.07, 6.45) is 3.53. The van der Waals surface area contributed by atoms with Gasteiger partial charge < -0.3 is 14.2 Å². The van der Waals surface area contributed by atoms with Crippen molar-refractivity contribution in [3.05, 3.63) is 33.7 Å². The second kappa shape index (κ2) is 5.43. The molecule has 1 aromatic carbocycles. The zero-order valence-corrected chi connectivity index (χ0v) is 14.5. The van der Waals surface area contributed by atoms with Crippen molar-refractivity contribution in [1.82, 2.24) is 5.32 Å². The van der Waals surface area contributed by atoms with E-state index < -0.39 is 0 Å². The zero-order valence-electron chi connectivity index (χ0n) is 13.0. The molecular formula is C18H20BrNO2. The van der Waals surface area contributed by atoms with Gasteiger partial charge in [0.25, 0.3) is 0 Å². The first-order chi connectivity index (χ1) is 10.6. The first-order valence-electron chi connectivity index (χ1n) is 7.95. The molecule has 2 aromatic heterocycles. The average Bonchev–Trinajstić information content (AvgIpc) is 3.08. The predicted molar refractivity (Wildman–Crippen MR) is 92.5 cm³/mol. The van der Waals surface area contributed by atoms with Gasteiger partial charge in [0.2, 0.25) is 0 Å². The van der Waals surface area contributed by atoms with Crippen LogP contribution in [0.5, 0.6) is 0 Å². The van der Waals surface area contributed by atoms with Crippen LogP contribution in [-0.2, 0) is 6.42 Å². The number of rotatable bonds is 2. The molecular weight excluding hydrogens is 342 g/mol. The molecule has 4 rings (SSSR count). The molecule has 3 aromatic rings. The van der Waals surface area contributed by atoms with Crippen molar-refractivity contribution in [3.8, 4) is 0 Å². The highest BCUT2D eigenvalue weighted by molar-refractivity contribution is 9.10. The Kier molecular flexibility index (Phi) is 3.54. The van der Waals surface area contributed by atoms with Crippen molar-refractivity contribution in [3.63, 3.8) is 0 Å². The van der Waals surface area contributed by atoms with Crippen LogP contribution in [0.3, 0.4) is 0 Å². The molecule has 3 heterocycles. The van der Waals surface area contributed by atoms with Crippen LogP contribution >= 0.6 is 15.9 Å². The summed E-state index contributed by atoms with van der Waals surface area (Å²) in [4.78, 5) is 0. The zero-order chi connectivity index (χ0) is 15.3. The van der Waals surface area contributed by atoms with Crippen LogP contribution in [-0.4, -0.2) is 13.1 Å². The van der Waals surface area contributed by atoms with Crippen LogP contribution < -0.4 is 5.32 Å². The summed E-state index contributed by atoms with van der Waals surface area (Å²) < 4.78 is 13.0. The number of furan rings is 2. The smallest absolute Gasteiger partial charge is 0.149 e. The summed E-state index contributed by atoms with van der Waals surface area (Å²) in [5, 5.41) is 5.77. The number of hydrogen-bond donors (Lipinski definition) is 1. The van der Waals surface area contributed by atoms with Crippen molar-refractivity contribution in [1.29, 1.82) is 0 Å². The largest absolute Gasteiger partial charge is 0.461 e. The number of piperidine rings is 1. The second-order valence-electron chi connectivity index (χ2n) is 6.39. The highest BCUT2D eigenvalue weighted by Gasteiger charge is 2.22. The molecule has 1 fully saturated rings. The molecule has 1 aliphatic heterocycles. The Morgan fingerprint density at radius 1 is 1.05 bits per heavy atom. The van der Waals surface area contributed by atoms with Crippen molar-refractivity contribution >= 4 is 37.9 Å². The lowest BCUT2D eigenvalue weighted by molar-refractivity contribution is 0.373. The van der Waals surface area contributed by atoms with Gasteiger partial charge in [-0.15, -0.1) is 0 Å². The SMILES string of the molecule is Cc1cc2c(CC3CCNCC3)c3oc(C)cc3c(Br)c2o1. The van der Waals surface area contributed by atoms with Crippen molar-refractivity contribution < 1.29 is 8.83 Å². The van der Waals surface area contributed by atoms with Gasteiger partial charge in [-0.3, -0.25) is 0 Å². The number of fused-ring (bicyclic) bond motifs is 2. The maximum absolute atomic E-state index is 6.05. The molecule has 0 radical (unpaired) electrons. The summed E-state index contributed by atoms with van der Waals surface area (Å²) in [7, 11) is 0. The van der Waals surface area contributed by atoms with Gasteiger partial charge in [0.1, 0.15) is 22.7 Å². The number of hydrogen-bond acceptors (Lipinski definition) is 3. The molecule has 0 bridgehead atoms. The van der Waals surface area contributed by atoms with Crippen LogP contribution in [0.4, 0.5) is 0 Å². The van der Waals surface area contributed by atoms with Crippen LogP contribution in [0.2, 0.25) is 0 Å². The van der Waals surface area contributed by atoms with E-state index in [2.05, 4.69) is 33.4 Å². The Morgan fingerprint density at radius 3 is 2.41 bits per heavy atom. The standard InChI is InChI=1S/C18H20BrNO2/c1-10-7-13-14(9-12-3-5-20-6-4-12)17-15(8-11(2)21-17)16(19)18(13)22-10/h7-8,12,20H,3-6,9H2,1-2H3. The normalized spacial score (nSPS) is 16.9. The van der Waals surface area contributed by atoms with Crippen molar-refractivity contribution in [2.24, 2.45) is 5.92 Å². The topological polar surface area (TPSA) is 38.3 Å². The number of nitrogens with one attached hydrogen (secondary N) is 1. The van der Waals surface area contributed by atoms with E-state index in [1.807, 2.05) is 13.8 Å². The lowest BCUT2D eigenvalue weighted by atomic mass is 9.89. The van der Waals surface area contributed by atoms with E-state index in [0.29, 0.717) is 0 Å². The van der Waals surface area contributed by atoms with Gasteiger partial charge in [-0.05, 0) is 80.2 Å². The van der Waals surface area contributed by atoms with E-state index >= 15 is 0 Å². The van der Waals surface area contributed by atoms with Gasteiger partial charge in [-0.25, -0.2) is 0 Å². The van der Waals surface area contributed by atoms with E-state index in [1.165, 1.54) is 23.8 Å².